The number of carbonyl (C=O) groups is 1. The zero-order chi connectivity index (χ0) is 15.4. The maximum absolute atomic E-state index is 12.2. The van der Waals surface area contributed by atoms with E-state index < -0.39 is 0 Å². The van der Waals surface area contributed by atoms with Crippen LogP contribution in [0.4, 0.5) is 0 Å². The minimum absolute atomic E-state index is 0.0245. The highest BCUT2D eigenvalue weighted by Crippen LogP contribution is 2.19. The van der Waals surface area contributed by atoms with E-state index in [4.69, 9.17) is 0 Å². The summed E-state index contributed by atoms with van der Waals surface area (Å²) in [5, 5.41) is 5.29. The third kappa shape index (κ3) is 3.44. The molecule has 1 N–H and O–H groups in total. The summed E-state index contributed by atoms with van der Waals surface area (Å²) in [5.74, 6) is -0.144. The smallest absolute Gasteiger partial charge is 0.262 e. The largest absolute Gasteiger partial charge is 0.354 e. The molecule has 1 amide bonds. The van der Waals surface area contributed by atoms with E-state index in [2.05, 4.69) is 16.4 Å². The Morgan fingerprint density at radius 1 is 1.41 bits per heavy atom. The lowest BCUT2D eigenvalue weighted by Gasteiger charge is -2.13. The van der Waals surface area contributed by atoms with Crippen LogP contribution in [0.15, 0.2) is 34.2 Å². The topological polar surface area (TPSA) is 64.0 Å². The van der Waals surface area contributed by atoms with Crippen LogP contribution in [0.3, 0.4) is 0 Å². The molecule has 0 bridgehead atoms. The Bertz CT molecular complexity index is 760. The van der Waals surface area contributed by atoms with Gasteiger partial charge < -0.3 is 5.32 Å². The third-order valence-electron chi connectivity index (χ3n) is 3.92. The Morgan fingerprint density at radius 3 is 3.14 bits per heavy atom. The number of thiophene rings is 1. The van der Waals surface area contributed by atoms with Gasteiger partial charge in [-0.15, -0.1) is 11.3 Å². The molecule has 0 aliphatic heterocycles. The van der Waals surface area contributed by atoms with Crippen molar-refractivity contribution in [2.24, 2.45) is 0 Å². The molecule has 22 heavy (non-hydrogen) atoms. The fraction of sp³-hybridized carbons (Fsp3) is 0.438. The highest BCUT2D eigenvalue weighted by Gasteiger charge is 2.09. The van der Waals surface area contributed by atoms with Gasteiger partial charge in [-0.2, -0.15) is 0 Å². The zero-order valence-electron chi connectivity index (χ0n) is 12.4. The Labute approximate surface area is 132 Å². The van der Waals surface area contributed by atoms with Gasteiger partial charge >= 0.3 is 0 Å². The molecule has 0 atom stereocenters. The molecular weight excluding hydrogens is 298 g/mol. The average Bonchev–Trinajstić information content (AvgIpc) is 3.01. The van der Waals surface area contributed by atoms with E-state index in [0.29, 0.717) is 16.8 Å². The van der Waals surface area contributed by atoms with Crippen molar-refractivity contribution in [2.75, 3.05) is 6.54 Å². The van der Waals surface area contributed by atoms with E-state index in [9.17, 15) is 9.59 Å². The fourth-order valence-corrected chi connectivity index (χ4v) is 3.43. The maximum Gasteiger partial charge on any atom is 0.262 e. The summed E-state index contributed by atoms with van der Waals surface area (Å²) < 4.78 is 1.37. The molecule has 0 saturated carbocycles. The van der Waals surface area contributed by atoms with Crippen molar-refractivity contribution in [1.29, 1.82) is 0 Å². The summed E-state index contributed by atoms with van der Waals surface area (Å²) in [7, 11) is 0. The summed E-state index contributed by atoms with van der Waals surface area (Å²) in [5.41, 5.74) is 1.28. The van der Waals surface area contributed by atoms with Crippen LogP contribution < -0.4 is 10.9 Å². The first kappa shape index (κ1) is 15.0. The first-order chi connectivity index (χ1) is 10.7. The first-order valence-electron chi connectivity index (χ1n) is 7.61. The Balaban J connectivity index is 1.55. The van der Waals surface area contributed by atoms with Gasteiger partial charge in [-0.05, 0) is 43.6 Å². The van der Waals surface area contributed by atoms with Gasteiger partial charge in [-0.3, -0.25) is 14.2 Å². The van der Waals surface area contributed by atoms with Crippen molar-refractivity contribution in [3.8, 4) is 0 Å². The Morgan fingerprint density at radius 2 is 2.32 bits per heavy atom. The lowest BCUT2D eigenvalue weighted by Crippen LogP contribution is -2.33. The average molecular weight is 317 g/mol. The van der Waals surface area contributed by atoms with Gasteiger partial charge in [0.1, 0.15) is 11.4 Å². The molecule has 0 spiro atoms. The second-order valence-corrected chi connectivity index (χ2v) is 6.42. The van der Waals surface area contributed by atoms with Crippen molar-refractivity contribution in [2.45, 2.75) is 38.6 Å². The highest BCUT2D eigenvalue weighted by atomic mass is 32.1. The van der Waals surface area contributed by atoms with Crippen molar-refractivity contribution >= 4 is 27.5 Å². The standard InChI is InChI=1S/C16H19N3O2S/c20-14(17-8-6-12-4-2-1-3-5-12)10-19-11-18-15-13(16(19)21)7-9-22-15/h4,7,9,11H,1-3,5-6,8,10H2,(H,17,20). The lowest BCUT2D eigenvalue weighted by atomic mass is 9.97. The number of allylic oxidation sites excluding steroid dienone is 1. The van der Waals surface area contributed by atoms with Crippen LogP contribution in [0.2, 0.25) is 0 Å². The molecular formula is C16H19N3O2S. The molecule has 116 valence electrons. The number of rotatable bonds is 5. The van der Waals surface area contributed by atoms with E-state index in [1.54, 1.807) is 6.07 Å². The van der Waals surface area contributed by atoms with Crippen LogP contribution in [0.5, 0.6) is 0 Å². The Kier molecular flexibility index (Phi) is 4.68. The molecule has 0 fully saturated rings. The summed E-state index contributed by atoms with van der Waals surface area (Å²) >= 11 is 1.43. The molecule has 2 aromatic rings. The number of hydrogen-bond donors (Lipinski definition) is 1. The molecule has 0 unspecified atom stereocenters. The van der Waals surface area contributed by atoms with Crippen LogP contribution >= 0.6 is 11.3 Å². The summed E-state index contributed by atoms with van der Waals surface area (Å²) in [6.45, 7) is 0.657. The van der Waals surface area contributed by atoms with E-state index in [1.165, 1.54) is 40.6 Å². The number of fused-ring (bicyclic) bond motifs is 1. The Hall–Kier alpha value is -1.95. The quantitative estimate of drug-likeness (QED) is 0.862. The van der Waals surface area contributed by atoms with E-state index in [1.807, 2.05) is 5.38 Å². The highest BCUT2D eigenvalue weighted by molar-refractivity contribution is 7.16. The summed E-state index contributed by atoms with van der Waals surface area (Å²) in [4.78, 5) is 29.1. The molecule has 1 aliphatic rings. The van der Waals surface area contributed by atoms with Gasteiger partial charge in [0, 0.05) is 6.54 Å². The normalized spacial score (nSPS) is 14.8. The summed E-state index contributed by atoms with van der Waals surface area (Å²) in [6, 6.07) is 1.75. The second kappa shape index (κ2) is 6.87. The van der Waals surface area contributed by atoms with E-state index in [-0.39, 0.29) is 18.0 Å². The van der Waals surface area contributed by atoms with Crippen molar-refractivity contribution in [1.82, 2.24) is 14.9 Å². The van der Waals surface area contributed by atoms with Gasteiger partial charge in [-0.1, -0.05) is 11.6 Å². The lowest BCUT2D eigenvalue weighted by molar-refractivity contribution is -0.121. The van der Waals surface area contributed by atoms with Crippen LogP contribution in [-0.4, -0.2) is 22.0 Å². The number of amides is 1. The molecule has 0 saturated heterocycles. The molecule has 0 aromatic carbocycles. The number of carbonyl (C=O) groups excluding carboxylic acids is 1. The third-order valence-corrected chi connectivity index (χ3v) is 4.74. The van der Waals surface area contributed by atoms with Gasteiger partial charge in [0.05, 0.1) is 11.7 Å². The molecule has 6 heteroatoms. The van der Waals surface area contributed by atoms with E-state index in [0.717, 1.165) is 19.3 Å². The van der Waals surface area contributed by atoms with Gasteiger partial charge in [0.2, 0.25) is 5.91 Å². The fourth-order valence-electron chi connectivity index (χ4n) is 2.71. The molecule has 2 heterocycles. The monoisotopic (exact) mass is 317 g/mol. The van der Waals surface area contributed by atoms with Crippen molar-refractivity contribution in [3.63, 3.8) is 0 Å². The molecule has 5 nitrogen and oxygen atoms in total. The summed E-state index contributed by atoms with van der Waals surface area (Å²) in [6.07, 6.45) is 9.47. The second-order valence-electron chi connectivity index (χ2n) is 5.53. The predicted molar refractivity (Wildman–Crippen MR) is 88.1 cm³/mol. The van der Waals surface area contributed by atoms with Gasteiger partial charge in [0.15, 0.2) is 0 Å². The minimum Gasteiger partial charge on any atom is -0.354 e. The van der Waals surface area contributed by atoms with E-state index >= 15 is 0 Å². The number of nitrogens with one attached hydrogen (secondary N) is 1. The molecule has 1 aliphatic carbocycles. The minimum atomic E-state index is -0.156. The first-order valence-corrected chi connectivity index (χ1v) is 8.49. The predicted octanol–water partition coefficient (Wildman–Crippen LogP) is 2.46. The van der Waals surface area contributed by atoms with Crippen LogP contribution in [-0.2, 0) is 11.3 Å². The number of nitrogens with zero attached hydrogens (tertiary/aromatic N) is 2. The molecule has 2 aromatic heterocycles. The van der Waals surface area contributed by atoms with Crippen LogP contribution in [0.25, 0.3) is 10.2 Å². The SMILES string of the molecule is O=C(Cn1cnc2sccc2c1=O)NCCC1=CCCCC1. The number of hydrogen-bond acceptors (Lipinski definition) is 4. The number of aromatic nitrogens is 2. The van der Waals surface area contributed by atoms with Crippen molar-refractivity contribution in [3.05, 3.63) is 39.8 Å². The maximum atomic E-state index is 12.2. The van der Waals surface area contributed by atoms with Crippen LogP contribution in [0, 0.1) is 0 Å². The van der Waals surface area contributed by atoms with Crippen molar-refractivity contribution < 1.29 is 4.79 Å². The zero-order valence-corrected chi connectivity index (χ0v) is 13.2. The van der Waals surface area contributed by atoms with Crippen LogP contribution in [0.1, 0.15) is 32.1 Å². The molecule has 3 rings (SSSR count). The molecule has 0 radical (unpaired) electrons. The van der Waals surface area contributed by atoms with Gasteiger partial charge in [0.25, 0.3) is 5.56 Å². The van der Waals surface area contributed by atoms with Gasteiger partial charge in [-0.25, -0.2) is 4.98 Å².